The number of sulfonamides is 1. The molecule has 1 N–H and O–H groups in total. The van der Waals surface area contributed by atoms with E-state index in [1.165, 1.54) is 16.9 Å². The van der Waals surface area contributed by atoms with Gasteiger partial charge in [0.15, 0.2) is 0 Å². The normalized spacial score (nSPS) is 18.5. The molecule has 3 rings (SSSR count). The standard InChI is InChI=1S/C14H15NO2S2/c1-10-6-9-14(18-10)19(16,17)15-13-8-7-11-4-2-3-5-12(11)13/h2-6,9,13,15H,7-8H2,1H3. The molecule has 0 aliphatic heterocycles. The van der Waals surface area contributed by atoms with Crippen molar-refractivity contribution >= 4 is 21.4 Å². The van der Waals surface area contributed by atoms with Gasteiger partial charge in [0.05, 0.1) is 0 Å². The fraction of sp³-hybridized carbons (Fsp3) is 0.286. The first-order chi connectivity index (χ1) is 9.06. The van der Waals surface area contributed by atoms with Crippen molar-refractivity contribution in [3.63, 3.8) is 0 Å². The summed E-state index contributed by atoms with van der Waals surface area (Å²) in [4.78, 5) is 1.01. The molecule has 0 radical (unpaired) electrons. The lowest BCUT2D eigenvalue weighted by atomic mass is 10.1. The lowest BCUT2D eigenvalue weighted by Crippen LogP contribution is -2.26. The van der Waals surface area contributed by atoms with Crippen LogP contribution in [0.15, 0.2) is 40.6 Å². The Balaban J connectivity index is 1.87. The molecule has 0 fully saturated rings. The molecule has 100 valence electrons. The minimum Gasteiger partial charge on any atom is -0.206 e. The van der Waals surface area contributed by atoms with E-state index in [1.54, 1.807) is 6.07 Å². The maximum atomic E-state index is 12.3. The Morgan fingerprint density at radius 1 is 1.21 bits per heavy atom. The van der Waals surface area contributed by atoms with Gasteiger partial charge in [0.25, 0.3) is 10.0 Å². The summed E-state index contributed by atoms with van der Waals surface area (Å²) in [6.07, 6.45) is 1.77. The lowest BCUT2D eigenvalue weighted by Gasteiger charge is -2.13. The molecular weight excluding hydrogens is 278 g/mol. The van der Waals surface area contributed by atoms with Gasteiger partial charge in [-0.25, -0.2) is 13.1 Å². The molecule has 1 atom stereocenters. The molecule has 19 heavy (non-hydrogen) atoms. The van der Waals surface area contributed by atoms with Gasteiger partial charge in [0.2, 0.25) is 0 Å². The molecule has 1 aliphatic carbocycles. The van der Waals surface area contributed by atoms with Crippen LogP contribution in [0.25, 0.3) is 0 Å². The van der Waals surface area contributed by atoms with Gasteiger partial charge >= 0.3 is 0 Å². The van der Waals surface area contributed by atoms with Crippen LogP contribution in [0.1, 0.15) is 28.5 Å². The average Bonchev–Trinajstić information content (AvgIpc) is 2.97. The quantitative estimate of drug-likeness (QED) is 0.945. The molecule has 0 spiro atoms. The number of rotatable bonds is 3. The highest BCUT2D eigenvalue weighted by Crippen LogP contribution is 2.32. The highest BCUT2D eigenvalue weighted by Gasteiger charge is 2.27. The van der Waals surface area contributed by atoms with E-state index in [2.05, 4.69) is 10.8 Å². The molecule has 0 bridgehead atoms. The summed E-state index contributed by atoms with van der Waals surface area (Å²) < 4.78 is 27.8. The summed E-state index contributed by atoms with van der Waals surface area (Å²) in [7, 11) is -3.40. The van der Waals surface area contributed by atoms with Gasteiger partial charge in [0, 0.05) is 10.9 Å². The van der Waals surface area contributed by atoms with Crippen LogP contribution in [0.5, 0.6) is 0 Å². The summed E-state index contributed by atoms with van der Waals surface area (Å²) in [6.45, 7) is 1.91. The molecule has 1 aliphatic rings. The molecule has 1 aromatic heterocycles. The summed E-state index contributed by atoms with van der Waals surface area (Å²) in [6, 6.07) is 11.4. The second-order valence-electron chi connectivity index (χ2n) is 4.78. The summed E-state index contributed by atoms with van der Waals surface area (Å²) in [5.74, 6) is 0. The van der Waals surface area contributed by atoms with E-state index in [0.29, 0.717) is 4.21 Å². The number of hydrogen-bond acceptors (Lipinski definition) is 3. The van der Waals surface area contributed by atoms with Gasteiger partial charge in [-0.05, 0) is 43.0 Å². The van der Waals surface area contributed by atoms with Crippen molar-refractivity contribution < 1.29 is 8.42 Å². The Morgan fingerprint density at radius 2 is 2.00 bits per heavy atom. The lowest BCUT2D eigenvalue weighted by molar-refractivity contribution is 0.556. The molecular formula is C14H15NO2S2. The molecule has 1 heterocycles. The fourth-order valence-electron chi connectivity index (χ4n) is 2.48. The zero-order valence-electron chi connectivity index (χ0n) is 10.6. The third kappa shape index (κ3) is 2.45. The Bertz CT molecular complexity index is 704. The average molecular weight is 293 g/mol. The largest absolute Gasteiger partial charge is 0.250 e. The van der Waals surface area contributed by atoms with Crippen LogP contribution in [-0.4, -0.2) is 8.42 Å². The van der Waals surface area contributed by atoms with Crippen molar-refractivity contribution in [2.75, 3.05) is 0 Å². The van der Waals surface area contributed by atoms with E-state index in [9.17, 15) is 8.42 Å². The van der Waals surface area contributed by atoms with E-state index in [0.717, 1.165) is 23.3 Å². The second kappa shape index (κ2) is 4.74. The van der Waals surface area contributed by atoms with Crippen LogP contribution in [0.4, 0.5) is 0 Å². The predicted molar refractivity (Wildman–Crippen MR) is 76.9 cm³/mol. The van der Waals surface area contributed by atoms with Crippen LogP contribution < -0.4 is 4.72 Å². The molecule has 2 aromatic rings. The number of hydrogen-bond donors (Lipinski definition) is 1. The molecule has 0 amide bonds. The summed E-state index contributed by atoms with van der Waals surface area (Å²) in [5, 5.41) is 0. The van der Waals surface area contributed by atoms with Gasteiger partial charge < -0.3 is 0 Å². The number of fused-ring (bicyclic) bond motifs is 1. The van der Waals surface area contributed by atoms with Crippen LogP contribution in [-0.2, 0) is 16.4 Å². The van der Waals surface area contributed by atoms with Crippen LogP contribution in [0, 0.1) is 6.92 Å². The topological polar surface area (TPSA) is 46.2 Å². The van der Waals surface area contributed by atoms with Gasteiger partial charge in [-0.3, -0.25) is 0 Å². The maximum Gasteiger partial charge on any atom is 0.250 e. The van der Waals surface area contributed by atoms with Gasteiger partial charge in [-0.2, -0.15) is 0 Å². The minimum absolute atomic E-state index is 0.0939. The summed E-state index contributed by atoms with van der Waals surface area (Å²) >= 11 is 1.31. The predicted octanol–water partition coefficient (Wildman–Crippen LogP) is 3.02. The number of benzene rings is 1. The SMILES string of the molecule is Cc1ccc(S(=O)(=O)NC2CCc3ccccc32)s1. The van der Waals surface area contributed by atoms with E-state index in [4.69, 9.17) is 0 Å². The second-order valence-corrected chi connectivity index (χ2v) is 8.01. The van der Waals surface area contributed by atoms with Crippen molar-refractivity contribution in [1.82, 2.24) is 4.72 Å². The first-order valence-electron chi connectivity index (χ1n) is 6.23. The minimum atomic E-state index is -3.40. The first kappa shape index (κ1) is 12.8. The Labute approximate surface area is 117 Å². The van der Waals surface area contributed by atoms with Crippen molar-refractivity contribution in [3.05, 3.63) is 52.4 Å². The van der Waals surface area contributed by atoms with E-state index in [-0.39, 0.29) is 6.04 Å². The highest BCUT2D eigenvalue weighted by atomic mass is 32.2. The van der Waals surface area contributed by atoms with E-state index in [1.807, 2.05) is 31.2 Å². The first-order valence-corrected chi connectivity index (χ1v) is 8.53. The fourth-order valence-corrected chi connectivity index (χ4v) is 5.03. The van der Waals surface area contributed by atoms with Gasteiger partial charge in [0.1, 0.15) is 4.21 Å². The number of nitrogens with one attached hydrogen (secondary N) is 1. The number of thiophene rings is 1. The zero-order chi connectivity index (χ0) is 13.5. The van der Waals surface area contributed by atoms with Crippen LogP contribution >= 0.6 is 11.3 Å². The van der Waals surface area contributed by atoms with E-state index >= 15 is 0 Å². The molecule has 1 unspecified atom stereocenters. The van der Waals surface area contributed by atoms with Crippen LogP contribution in [0.3, 0.4) is 0 Å². The Morgan fingerprint density at radius 3 is 2.74 bits per heavy atom. The van der Waals surface area contributed by atoms with Crippen molar-refractivity contribution in [1.29, 1.82) is 0 Å². The van der Waals surface area contributed by atoms with Crippen LogP contribution in [0.2, 0.25) is 0 Å². The third-order valence-electron chi connectivity index (χ3n) is 3.41. The van der Waals surface area contributed by atoms with Crippen molar-refractivity contribution in [2.24, 2.45) is 0 Å². The zero-order valence-corrected chi connectivity index (χ0v) is 12.2. The maximum absolute atomic E-state index is 12.3. The Kier molecular flexibility index (Phi) is 3.20. The van der Waals surface area contributed by atoms with Crippen molar-refractivity contribution in [3.8, 4) is 0 Å². The smallest absolute Gasteiger partial charge is 0.206 e. The highest BCUT2D eigenvalue weighted by molar-refractivity contribution is 7.91. The van der Waals surface area contributed by atoms with Gasteiger partial charge in [-0.1, -0.05) is 24.3 Å². The summed E-state index contributed by atoms with van der Waals surface area (Å²) in [5.41, 5.74) is 2.36. The number of aryl methyl sites for hydroxylation is 2. The molecule has 5 heteroatoms. The molecule has 1 aromatic carbocycles. The van der Waals surface area contributed by atoms with Crippen molar-refractivity contribution in [2.45, 2.75) is 30.0 Å². The van der Waals surface area contributed by atoms with Gasteiger partial charge in [-0.15, -0.1) is 11.3 Å². The van der Waals surface area contributed by atoms with E-state index < -0.39 is 10.0 Å². The molecule has 0 saturated heterocycles. The third-order valence-corrected chi connectivity index (χ3v) is 6.38. The molecule has 3 nitrogen and oxygen atoms in total. The molecule has 0 saturated carbocycles. The monoisotopic (exact) mass is 293 g/mol. The Hall–Kier alpha value is -1.17.